The van der Waals surface area contributed by atoms with Gasteiger partial charge in [0, 0.05) is 0 Å². The molecule has 4 aromatic rings. The molecular formula is C39H42O6. The van der Waals surface area contributed by atoms with Crippen LogP contribution in [-0.4, -0.2) is 65.1 Å². The van der Waals surface area contributed by atoms with Gasteiger partial charge in [0.2, 0.25) is 0 Å². The first-order chi connectivity index (χ1) is 22.0. The fraction of sp³-hybridized carbons (Fsp3) is 0.385. The summed E-state index contributed by atoms with van der Waals surface area (Å²) in [5.41, 5.74) is 14.8. The van der Waals surface area contributed by atoms with Crippen molar-refractivity contribution in [2.45, 2.75) is 46.3 Å². The molecule has 45 heavy (non-hydrogen) atoms. The summed E-state index contributed by atoms with van der Waals surface area (Å²) in [7, 11) is 0. The molecule has 0 N–H and O–H groups in total. The van der Waals surface area contributed by atoms with Crippen LogP contribution < -0.4 is 9.47 Å². The molecule has 2 aliphatic heterocycles. The Morgan fingerprint density at radius 2 is 1.11 bits per heavy atom. The first-order valence-corrected chi connectivity index (χ1v) is 16.1. The van der Waals surface area contributed by atoms with Crippen LogP contribution in [0.5, 0.6) is 11.5 Å². The van der Waals surface area contributed by atoms with E-state index in [-0.39, 0.29) is 12.2 Å². The zero-order valence-electron chi connectivity index (χ0n) is 26.7. The number of hydrogen-bond acceptors (Lipinski definition) is 6. The second-order valence-electron chi connectivity index (χ2n) is 12.5. The number of hydrogen-bond donors (Lipinski definition) is 0. The Balaban J connectivity index is 1.20. The van der Waals surface area contributed by atoms with Gasteiger partial charge in [0.1, 0.15) is 36.9 Å². The molecule has 7 rings (SSSR count). The quantitative estimate of drug-likeness (QED) is 0.0969. The molecule has 2 saturated heterocycles. The highest BCUT2D eigenvalue weighted by atomic mass is 16.6. The van der Waals surface area contributed by atoms with Gasteiger partial charge in [-0.1, -0.05) is 36.4 Å². The normalized spacial score (nSPS) is 17.6. The SMILES string of the molecule is Cc1cc(-c2ccc3c(c2-c2cc(C)c(OCCOCC4CO4)c(C)c2)Cc2ccccc2-3)cc(C)c1OCCOCC1CO1. The van der Waals surface area contributed by atoms with Gasteiger partial charge in [-0.2, -0.15) is 0 Å². The van der Waals surface area contributed by atoms with Crippen LogP contribution in [0.3, 0.4) is 0 Å². The molecule has 2 atom stereocenters. The Bertz CT molecular complexity index is 1650. The average molecular weight is 607 g/mol. The maximum absolute atomic E-state index is 6.23. The standard InChI is InChI=1S/C39H42O6/c1-24-15-29(16-25(2)38(24)42-13-11-40-20-31-22-44-31)34-9-10-35-33-8-6-5-7-28(33)19-36(35)37(34)30-17-26(3)39(27(4)18-30)43-14-12-41-21-32-23-45-32/h5-10,15-18,31-32H,11-14,19-23H2,1-4H3. The molecule has 6 heteroatoms. The van der Waals surface area contributed by atoms with Crippen LogP contribution in [0.4, 0.5) is 0 Å². The van der Waals surface area contributed by atoms with Crippen LogP contribution in [0.1, 0.15) is 33.4 Å². The molecule has 2 heterocycles. The fourth-order valence-corrected chi connectivity index (χ4v) is 6.60. The van der Waals surface area contributed by atoms with Crippen molar-refractivity contribution in [3.63, 3.8) is 0 Å². The minimum absolute atomic E-state index is 0.268. The lowest BCUT2D eigenvalue weighted by Gasteiger charge is -2.20. The summed E-state index contributed by atoms with van der Waals surface area (Å²) in [5, 5.41) is 0. The minimum atomic E-state index is 0.268. The van der Waals surface area contributed by atoms with Crippen LogP contribution in [0.25, 0.3) is 33.4 Å². The van der Waals surface area contributed by atoms with E-state index in [0.29, 0.717) is 39.6 Å². The molecule has 0 spiro atoms. The Labute approximate surface area is 266 Å². The molecule has 0 aromatic heterocycles. The van der Waals surface area contributed by atoms with Crippen molar-refractivity contribution < 1.29 is 28.4 Å². The van der Waals surface area contributed by atoms with Crippen LogP contribution >= 0.6 is 0 Å². The van der Waals surface area contributed by atoms with E-state index in [1.54, 1.807) is 0 Å². The van der Waals surface area contributed by atoms with Crippen molar-refractivity contribution in [2.75, 3.05) is 52.9 Å². The van der Waals surface area contributed by atoms with Crippen molar-refractivity contribution in [1.29, 1.82) is 0 Å². The second kappa shape index (κ2) is 13.0. The molecule has 4 aromatic carbocycles. The van der Waals surface area contributed by atoms with Crippen LogP contribution in [-0.2, 0) is 25.4 Å². The van der Waals surface area contributed by atoms with Crippen molar-refractivity contribution >= 4 is 0 Å². The van der Waals surface area contributed by atoms with Crippen molar-refractivity contribution in [1.82, 2.24) is 0 Å². The van der Waals surface area contributed by atoms with Crippen molar-refractivity contribution in [2.24, 2.45) is 0 Å². The Kier molecular flexibility index (Phi) is 8.65. The third-order valence-corrected chi connectivity index (χ3v) is 8.87. The molecule has 0 bridgehead atoms. The van der Waals surface area contributed by atoms with Gasteiger partial charge >= 0.3 is 0 Å². The van der Waals surface area contributed by atoms with Gasteiger partial charge in [0.15, 0.2) is 0 Å². The highest BCUT2D eigenvalue weighted by molar-refractivity contribution is 5.94. The number of rotatable bonds is 14. The van der Waals surface area contributed by atoms with E-state index in [0.717, 1.165) is 53.4 Å². The Hall–Kier alpha value is -3.68. The summed E-state index contributed by atoms with van der Waals surface area (Å²) in [6, 6.07) is 22.5. The van der Waals surface area contributed by atoms with Crippen molar-refractivity contribution in [3.8, 4) is 44.9 Å². The van der Waals surface area contributed by atoms with E-state index < -0.39 is 0 Å². The van der Waals surface area contributed by atoms with Crippen molar-refractivity contribution in [3.05, 3.63) is 94.0 Å². The molecule has 3 aliphatic rings. The third-order valence-electron chi connectivity index (χ3n) is 8.87. The maximum Gasteiger partial charge on any atom is 0.125 e. The van der Waals surface area contributed by atoms with E-state index >= 15 is 0 Å². The van der Waals surface area contributed by atoms with E-state index in [9.17, 15) is 0 Å². The summed E-state index contributed by atoms with van der Waals surface area (Å²) in [6.07, 6.45) is 1.45. The monoisotopic (exact) mass is 606 g/mol. The number of benzene rings is 4. The predicted octanol–water partition coefficient (Wildman–Crippen LogP) is 7.41. The largest absolute Gasteiger partial charge is 0.491 e. The molecule has 2 fully saturated rings. The number of ether oxygens (including phenoxy) is 6. The zero-order valence-corrected chi connectivity index (χ0v) is 26.7. The van der Waals surface area contributed by atoms with Crippen LogP contribution in [0.2, 0.25) is 0 Å². The highest BCUT2D eigenvalue weighted by Crippen LogP contribution is 2.47. The molecule has 0 saturated carbocycles. The van der Waals surface area contributed by atoms with Gasteiger partial charge in [-0.05, 0) is 125 Å². The summed E-state index contributed by atoms with van der Waals surface area (Å²) in [6.45, 7) is 13.6. The minimum Gasteiger partial charge on any atom is -0.491 e. The van der Waals surface area contributed by atoms with E-state index in [2.05, 4.69) is 88.4 Å². The van der Waals surface area contributed by atoms with Gasteiger partial charge in [-0.25, -0.2) is 0 Å². The number of epoxide rings is 2. The summed E-state index contributed by atoms with van der Waals surface area (Å²) < 4.78 is 34.3. The first-order valence-electron chi connectivity index (χ1n) is 16.1. The molecular weight excluding hydrogens is 564 g/mol. The van der Waals surface area contributed by atoms with E-state index in [1.807, 2.05) is 0 Å². The highest BCUT2D eigenvalue weighted by Gasteiger charge is 2.26. The molecule has 1 aliphatic carbocycles. The average Bonchev–Trinajstić information content (AvgIpc) is 3.97. The predicted molar refractivity (Wildman–Crippen MR) is 177 cm³/mol. The lowest BCUT2D eigenvalue weighted by Crippen LogP contribution is -2.11. The maximum atomic E-state index is 6.23. The summed E-state index contributed by atoms with van der Waals surface area (Å²) >= 11 is 0. The number of fused-ring (bicyclic) bond motifs is 3. The summed E-state index contributed by atoms with van der Waals surface area (Å²) in [5.74, 6) is 1.87. The molecule has 234 valence electrons. The van der Waals surface area contributed by atoms with Gasteiger partial charge in [-0.3, -0.25) is 0 Å². The smallest absolute Gasteiger partial charge is 0.125 e. The summed E-state index contributed by atoms with van der Waals surface area (Å²) in [4.78, 5) is 0. The second-order valence-corrected chi connectivity index (χ2v) is 12.5. The fourth-order valence-electron chi connectivity index (χ4n) is 6.60. The Morgan fingerprint density at radius 1 is 0.600 bits per heavy atom. The molecule has 0 radical (unpaired) electrons. The van der Waals surface area contributed by atoms with Gasteiger partial charge in [0.05, 0.1) is 39.6 Å². The molecule has 6 nitrogen and oxygen atoms in total. The van der Waals surface area contributed by atoms with E-state index in [4.69, 9.17) is 28.4 Å². The van der Waals surface area contributed by atoms with Gasteiger partial charge in [0.25, 0.3) is 0 Å². The van der Waals surface area contributed by atoms with Crippen LogP contribution in [0.15, 0.2) is 60.7 Å². The molecule has 2 unspecified atom stereocenters. The lowest BCUT2D eigenvalue weighted by molar-refractivity contribution is 0.0874. The van der Waals surface area contributed by atoms with Crippen LogP contribution in [0, 0.1) is 27.7 Å². The lowest BCUT2D eigenvalue weighted by atomic mass is 9.86. The Morgan fingerprint density at radius 3 is 1.67 bits per heavy atom. The van der Waals surface area contributed by atoms with Gasteiger partial charge in [-0.15, -0.1) is 0 Å². The van der Waals surface area contributed by atoms with E-state index in [1.165, 1.54) is 44.5 Å². The number of aryl methyl sites for hydroxylation is 4. The first kappa shape index (κ1) is 30.0. The topological polar surface area (TPSA) is 62.0 Å². The third kappa shape index (κ3) is 6.66. The molecule has 0 amide bonds. The zero-order chi connectivity index (χ0) is 30.9. The van der Waals surface area contributed by atoms with Gasteiger partial charge < -0.3 is 28.4 Å².